The van der Waals surface area contributed by atoms with Crippen LogP contribution in [0.15, 0.2) is 34.3 Å². The number of thioether (sulfide) groups is 1. The summed E-state index contributed by atoms with van der Waals surface area (Å²) in [6.45, 7) is 5.84. The first-order valence-corrected chi connectivity index (χ1v) is 11.3. The van der Waals surface area contributed by atoms with E-state index in [-0.39, 0.29) is 10.9 Å². The summed E-state index contributed by atoms with van der Waals surface area (Å²) in [6.07, 6.45) is 2.90. The molecule has 1 aliphatic heterocycles. The third-order valence-corrected chi connectivity index (χ3v) is 7.12. The third-order valence-electron chi connectivity index (χ3n) is 4.58. The molecular weight excluding hydrogens is 372 g/mol. The summed E-state index contributed by atoms with van der Waals surface area (Å²) in [6, 6.07) is 7.19. The van der Waals surface area contributed by atoms with Crippen LogP contribution >= 0.6 is 11.8 Å². The van der Waals surface area contributed by atoms with Crippen molar-refractivity contribution >= 4 is 21.8 Å². The minimum Gasteiger partial charge on any atom is -0.379 e. The number of rotatable bonds is 6. The van der Waals surface area contributed by atoms with Gasteiger partial charge in [0.05, 0.1) is 18.1 Å². The number of hydrogen-bond donors (Lipinski definition) is 0. The molecule has 1 unspecified atom stereocenters. The van der Waals surface area contributed by atoms with Crippen LogP contribution in [0.2, 0.25) is 0 Å². The van der Waals surface area contributed by atoms with Crippen molar-refractivity contribution in [3.05, 3.63) is 24.3 Å². The fourth-order valence-corrected chi connectivity index (χ4v) is 4.96. The Morgan fingerprint density at radius 2 is 2.00 bits per heavy atom. The Morgan fingerprint density at radius 3 is 2.65 bits per heavy atom. The molecule has 0 amide bonds. The molecule has 0 radical (unpaired) electrons. The van der Waals surface area contributed by atoms with E-state index in [0.29, 0.717) is 32.1 Å². The Bertz CT molecular complexity index is 861. The van der Waals surface area contributed by atoms with Crippen LogP contribution in [0.5, 0.6) is 0 Å². The van der Waals surface area contributed by atoms with Gasteiger partial charge in [0.1, 0.15) is 0 Å². The van der Waals surface area contributed by atoms with E-state index >= 15 is 0 Å². The summed E-state index contributed by atoms with van der Waals surface area (Å²) in [5, 5.41) is 9.42. The number of morpholine rings is 1. The SMILES string of the molecule is CCC(C)n1c(SC)nnc1-c1cccc(S(=O)(=O)N2CCOCC2)c1. The molecule has 1 aromatic heterocycles. The monoisotopic (exact) mass is 396 g/mol. The highest BCUT2D eigenvalue weighted by atomic mass is 32.2. The summed E-state index contributed by atoms with van der Waals surface area (Å²) in [5.74, 6) is 0.697. The average molecular weight is 397 g/mol. The van der Waals surface area contributed by atoms with Gasteiger partial charge in [0.2, 0.25) is 10.0 Å². The van der Waals surface area contributed by atoms with E-state index in [1.165, 1.54) is 16.1 Å². The maximum Gasteiger partial charge on any atom is 0.243 e. The molecule has 1 atom stereocenters. The number of ether oxygens (including phenoxy) is 1. The number of benzene rings is 1. The van der Waals surface area contributed by atoms with Crippen LogP contribution in [0.1, 0.15) is 26.3 Å². The van der Waals surface area contributed by atoms with Crippen LogP contribution in [-0.4, -0.2) is 60.0 Å². The second-order valence-electron chi connectivity index (χ2n) is 6.18. The topological polar surface area (TPSA) is 77.3 Å². The Kier molecular flexibility index (Phi) is 6.01. The molecule has 0 saturated carbocycles. The first-order valence-electron chi connectivity index (χ1n) is 8.66. The molecule has 2 aromatic rings. The number of sulfonamides is 1. The predicted octanol–water partition coefficient (Wildman–Crippen LogP) is 2.66. The van der Waals surface area contributed by atoms with Gasteiger partial charge in [-0.15, -0.1) is 10.2 Å². The number of aromatic nitrogens is 3. The zero-order valence-corrected chi connectivity index (χ0v) is 16.9. The Balaban J connectivity index is 2.02. The van der Waals surface area contributed by atoms with Gasteiger partial charge < -0.3 is 4.74 Å². The molecule has 2 heterocycles. The molecule has 3 rings (SSSR count). The maximum absolute atomic E-state index is 12.9. The molecule has 1 fully saturated rings. The quantitative estimate of drug-likeness (QED) is 0.699. The van der Waals surface area contributed by atoms with Gasteiger partial charge in [-0.2, -0.15) is 4.31 Å². The van der Waals surface area contributed by atoms with Crippen molar-refractivity contribution in [2.24, 2.45) is 0 Å². The van der Waals surface area contributed by atoms with Crippen molar-refractivity contribution in [1.29, 1.82) is 0 Å². The largest absolute Gasteiger partial charge is 0.379 e. The van der Waals surface area contributed by atoms with Crippen molar-refractivity contribution in [2.45, 2.75) is 36.4 Å². The molecule has 1 aliphatic rings. The molecule has 7 nitrogen and oxygen atoms in total. The lowest BCUT2D eigenvalue weighted by Crippen LogP contribution is -2.40. The summed E-state index contributed by atoms with van der Waals surface area (Å²) in [7, 11) is -3.54. The van der Waals surface area contributed by atoms with Gasteiger partial charge in [-0.25, -0.2) is 8.42 Å². The highest BCUT2D eigenvalue weighted by molar-refractivity contribution is 7.98. The van der Waals surface area contributed by atoms with Gasteiger partial charge in [0.25, 0.3) is 0 Å². The van der Waals surface area contributed by atoms with Gasteiger partial charge in [-0.1, -0.05) is 30.8 Å². The summed E-state index contributed by atoms with van der Waals surface area (Å²) >= 11 is 1.54. The van der Waals surface area contributed by atoms with Crippen LogP contribution in [0.25, 0.3) is 11.4 Å². The Morgan fingerprint density at radius 1 is 1.27 bits per heavy atom. The molecular formula is C17H24N4O3S2. The van der Waals surface area contributed by atoms with Gasteiger partial charge in [-0.05, 0) is 31.7 Å². The van der Waals surface area contributed by atoms with Gasteiger partial charge in [0, 0.05) is 24.7 Å². The normalized spacial score (nSPS) is 17.3. The molecule has 0 aliphatic carbocycles. The number of nitrogens with zero attached hydrogens (tertiary/aromatic N) is 4. The van der Waals surface area contributed by atoms with Crippen molar-refractivity contribution in [2.75, 3.05) is 32.6 Å². The summed E-state index contributed by atoms with van der Waals surface area (Å²) in [4.78, 5) is 0.279. The van der Waals surface area contributed by atoms with Crippen molar-refractivity contribution in [1.82, 2.24) is 19.1 Å². The van der Waals surface area contributed by atoms with Gasteiger partial charge >= 0.3 is 0 Å². The molecule has 0 bridgehead atoms. The minimum atomic E-state index is -3.54. The van der Waals surface area contributed by atoms with E-state index in [1.54, 1.807) is 18.2 Å². The lowest BCUT2D eigenvalue weighted by molar-refractivity contribution is 0.0730. The Hall–Kier alpha value is -1.42. The molecule has 1 saturated heterocycles. The van der Waals surface area contributed by atoms with Crippen molar-refractivity contribution in [3.63, 3.8) is 0 Å². The van der Waals surface area contributed by atoms with E-state index in [2.05, 4.69) is 28.6 Å². The molecule has 26 heavy (non-hydrogen) atoms. The van der Waals surface area contributed by atoms with Crippen LogP contribution in [-0.2, 0) is 14.8 Å². The number of hydrogen-bond acceptors (Lipinski definition) is 6. The summed E-state index contributed by atoms with van der Waals surface area (Å²) in [5.41, 5.74) is 0.757. The fraction of sp³-hybridized carbons (Fsp3) is 0.529. The van der Waals surface area contributed by atoms with Gasteiger partial charge in [-0.3, -0.25) is 4.57 Å². The molecule has 1 aromatic carbocycles. The second-order valence-corrected chi connectivity index (χ2v) is 8.89. The highest BCUT2D eigenvalue weighted by Crippen LogP contribution is 2.29. The van der Waals surface area contributed by atoms with Crippen LogP contribution in [0.4, 0.5) is 0 Å². The fourth-order valence-electron chi connectivity index (χ4n) is 2.92. The molecule has 142 valence electrons. The van der Waals surface area contributed by atoms with E-state index in [9.17, 15) is 8.42 Å². The van der Waals surface area contributed by atoms with Crippen molar-refractivity contribution < 1.29 is 13.2 Å². The smallest absolute Gasteiger partial charge is 0.243 e. The lowest BCUT2D eigenvalue weighted by Gasteiger charge is -2.26. The first kappa shape index (κ1) is 19.3. The zero-order chi connectivity index (χ0) is 18.7. The van der Waals surface area contributed by atoms with E-state index < -0.39 is 10.0 Å². The second kappa shape index (κ2) is 8.08. The minimum absolute atomic E-state index is 0.224. The zero-order valence-electron chi connectivity index (χ0n) is 15.3. The van der Waals surface area contributed by atoms with Crippen LogP contribution in [0.3, 0.4) is 0 Å². The molecule has 9 heteroatoms. The van der Waals surface area contributed by atoms with Crippen molar-refractivity contribution in [3.8, 4) is 11.4 Å². The average Bonchev–Trinajstić information content (AvgIpc) is 3.12. The maximum atomic E-state index is 12.9. The summed E-state index contributed by atoms with van der Waals surface area (Å²) < 4.78 is 34.7. The Labute approximate surface area is 158 Å². The van der Waals surface area contributed by atoms with Gasteiger partial charge in [0.15, 0.2) is 11.0 Å². The molecule has 0 N–H and O–H groups in total. The first-order chi connectivity index (χ1) is 12.5. The van der Waals surface area contributed by atoms with E-state index in [1.807, 2.05) is 12.3 Å². The highest BCUT2D eigenvalue weighted by Gasteiger charge is 2.27. The van der Waals surface area contributed by atoms with E-state index in [4.69, 9.17) is 4.74 Å². The van der Waals surface area contributed by atoms with Crippen LogP contribution < -0.4 is 0 Å². The predicted molar refractivity (Wildman–Crippen MR) is 102 cm³/mol. The molecule has 0 spiro atoms. The lowest BCUT2D eigenvalue weighted by atomic mass is 10.2. The standard InChI is InChI=1S/C17H24N4O3S2/c1-4-13(2)21-16(18-19-17(21)25-3)14-6-5-7-15(12-14)26(22,23)20-8-10-24-11-9-20/h5-7,12-13H,4,8-11H2,1-3H3. The van der Waals surface area contributed by atoms with E-state index in [0.717, 1.165) is 17.1 Å². The van der Waals surface area contributed by atoms with Crippen LogP contribution in [0, 0.1) is 0 Å². The third kappa shape index (κ3) is 3.66.